The van der Waals surface area contributed by atoms with Crippen LogP contribution in [0.5, 0.6) is 0 Å². The highest BCUT2D eigenvalue weighted by Gasteiger charge is 2.43. The molecule has 0 saturated carbocycles. The van der Waals surface area contributed by atoms with Crippen molar-refractivity contribution in [1.82, 2.24) is 4.98 Å². The number of aliphatic carboxylic acids is 2. The van der Waals surface area contributed by atoms with Crippen LogP contribution in [0, 0.1) is 18.8 Å². The fraction of sp³-hybridized carbons (Fsp3) is 0.500. The molecule has 0 fully saturated rings. The number of aromatic amines is 1. The van der Waals surface area contributed by atoms with Crippen LogP contribution in [-0.2, 0) is 22.4 Å². The second-order valence-corrected chi connectivity index (χ2v) is 5.10. The highest BCUT2D eigenvalue weighted by molar-refractivity contribution is 6.07. The first-order valence-corrected chi connectivity index (χ1v) is 6.58. The van der Waals surface area contributed by atoms with Crippen LogP contribution >= 0.6 is 0 Å². The zero-order valence-corrected chi connectivity index (χ0v) is 11.4. The van der Waals surface area contributed by atoms with E-state index in [1.54, 1.807) is 0 Å². The third-order valence-corrected chi connectivity index (χ3v) is 3.97. The van der Waals surface area contributed by atoms with Crippen molar-refractivity contribution in [3.8, 4) is 0 Å². The molecule has 1 atom stereocenters. The molecule has 0 bridgehead atoms. The van der Waals surface area contributed by atoms with Crippen LogP contribution < -0.4 is 0 Å². The Kier molecular flexibility index (Phi) is 3.65. The van der Waals surface area contributed by atoms with Gasteiger partial charge in [-0.3, -0.25) is 14.4 Å². The van der Waals surface area contributed by atoms with E-state index in [-0.39, 0.29) is 12.2 Å². The van der Waals surface area contributed by atoms with Gasteiger partial charge in [0.05, 0.1) is 0 Å². The minimum absolute atomic E-state index is 0.248. The van der Waals surface area contributed by atoms with Gasteiger partial charge in [-0.25, -0.2) is 0 Å². The lowest BCUT2D eigenvalue weighted by molar-refractivity contribution is -0.156. The smallest absolute Gasteiger partial charge is 0.318 e. The van der Waals surface area contributed by atoms with Gasteiger partial charge in [0.1, 0.15) is 0 Å². The maximum atomic E-state index is 12.5. The lowest BCUT2D eigenvalue weighted by Crippen LogP contribution is -2.38. The van der Waals surface area contributed by atoms with E-state index in [9.17, 15) is 14.4 Å². The molecule has 108 valence electrons. The average Bonchev–Trinajstić information content (AvgIpc) is 2.68. The molecule has 0 aliphatic heterocycles. The number of carbonyl (C=O) groups is 3. The van der Waals surface area contributed by atoms with Gasteiger partial charge in [-0.05, 0) is 31.7 Å². The van der Waals surface area contributed by atoms with Crippen molar-refractivity contribution in [2.24, 2.45) is 11.8 Å². The summed E-state index contributed by atoms with van der Waals surface area (Å²) in [5.41, 5.74) is 3.07. The summed E-state index contributed by atoms with van der Waals surface area (Å²) in [7, 11) is 0. The van der Waals surface area contributed by atoms with E-state index in [1.165, 1.54) is 0 Å². The molecule has 20 heavy (non-hydrogen) atoms. The lowest BCUT2D eigenvalue weighted by Gasteiger charge is -2.24. The number of nitrogens with one attached hydrogen (secondary N) is 1. The Morgan fingerprint density at radius 2 is 1.95 bits per heavy atom. The summed E-state index contributed by atoms with van der Waals surface area (Å²) in [6.07, 6.45) is 1.41. The standard InChI is InChI=1S/C14H17NO5/c1-3-7-6(2)15-9-5-4-8(12(16)10(7)9)11(13(17)18)14(19)20/h8,11,15H,3-5H2,1-2H3,(H,17,18)(H,19,20). The summed E-state index contributed by atoms with van der Waals surface area (Å²) in [4.78, 5) is 37.9. The number of aromatic nitrogens is 1. The first-order valence-electron chi connectivity index (χ1n) is 6.58. The molecular weight excluding hydrogens is 262 g/mol. The molecule has 1 aromatic heterocycles. The predicted molar refractivity (Wildman–Crippen MR) is 69.8 cm³/mol. The van der Waals surface area contributed by atoms with Gasteiger partial charge >= 0.3 is 11.9 Å². The first kappa shape index (κ1) is 14.3. The molecule has 6 nitrogen and oxygen atoms in total. The number of hydrogen-bond acceptors (Lipinski definition) is 3. The van der Waals surface area contributed by atoms with Crippen molar-refractivity contribution in [3.05, 3.63) is 22.5 Å². The average molecular weight is 279 g/mol. The fourth-order valence-corrected chi connectivity index (χ4v) is 3.04. The Morgan fingerprint density at radius 1 is 1.35 bits per heavy atom. The van der Waals surface area contributed by atoms with Crippen LogP contribution in [0.15, 0.2) is 0 Å². The van der Waals surface area contributed by atoms with Crippen LogP contribution in [0.25, 0.3) is 0 Å². The number of hydrogen-bond donors (Lipinski definition) is 3. The molecule has 0 radical (unpaired) electrons. The number of rotatable bonds is 4. The third-order valence-electron chi connectivity index (χ3n) is 3.97. The molecule has 2 rings (SSSR count). The maximum absolute atomic E-state index is 12.5. The van der Waals surface area contributed by atoms with Crippen LogP contribution in [0.2, 0.25) is 0 Å². The predicted octanol–water partition coefficient (Wildman–Crippen LogP) is 1.42. The number of carboxylic acid groups (broad SMARTS) is 2. The van der Waals surface area contributed by atoms with E-state index >= 15 is 0 Å². The fourth-order valence-electron chi connectivity index (χ4n) is 3.04. The molecule has 0 amide bonds. The molecule has 1 aliphatic rings. The number of carboxylic acids is 2. The SMILES string of the molecule is CCc1c(C)[nH]c2c1C(=O)C(C(C(=O)O)C(=O)O)CC2. The summed E-state index contributed by atoms with van der Waals surface area (Å²) < 4.78 is 0. The van der Waals surface area contributed by atoms with Gasteiger partial charge in [0, 0.05) is 22.9 Å². The topological polar surface area (TPSA) is 107 Å². The molecule has 0 aromatic carbocycles. The second kappa shape index (κ2) is 5.11. The molecular formula is C14H17NO5. The third kappa shape index (κ3) is 2.11. The minimum atomic E-state index is -1.67. The van der Waals surface area contributed by atoms with Crippen LogP contribution in [-0.4, -0.2) is 32.9 Å². The van der Waals surface area contributed by atoms with Gasteiger partial charge in [-0.2, -0.15) is 0 Å². The number of ketones is 1. The summed E-state index contributed by atoms with van der Waals surface area (Å²) in [5, 5.41) is 18.1. The Bertz CT molecular complexity index is 573. The molecule has 0 saturated heterocycles. The summed E-state index contributed by atoms with van der Waals surface area (Å²) >= 11 is 0. The monoisotopic (exact) mass is 279 g/mol. The van der Waals surface area contributed by atoms with Crippen LogP contribution in [0.3, 0.4) is 0 Å². The van der Waals surface area contributed by atoms with Crippen molar-refractivity contribution in [2.45, 2.75) is 33.1 Å². The summed E-state index contributed by atoms with van der Waals surface area (Å²) in [6, 6.07) is 0. The Labute approximate surface area is 115 Å². The first-order chi connectivity index (χ1) is 9.38. The Hall–Kier alpha value is -2.11. The van der Waals surface area contributed by atoms with Gasteiger partial charge in [0.25, 0.3) is 0 Å². The maximum Gasteiger partial charge on any atom is 0.318 e. The number of H-pyrrole nitrogens is 1. The van der Waals surface area contributed by atoms with Gasteiger partial charge < -0.3 is 15.2 Å². The summed E-state index contributed by atoms with van der Waals surface area (Å²) in [6.45, 7) is 3.78. The Morgan fingerprint density at radius 3 is 2.45 bits per heavy atom. The molecule has 1 aromatic rings. The zero-order valence-electron chi connectivity index (χ0n) is 11.4. The zero-order chi connectivity index (χ0) is 15.0. The van der Waals surface area contributed by atoms with E-state index in [1.807, 2.05) is 13.8 Å². The van der Waals surface area contributed by atoms with E-state index in [0.717, 1.165) is 17.0 Å². The van der Waals surface area contributed by atoms with E-state index in [4.69, 9.17) is 10.2 Å². The molecule has 6 heteroatoms. The number of aryl methyl sites for hydroxylation is 2. The lowest BCUT2D eigenvalue weighted by atomic mass is 9.77. The molecule has 1 heterocycles. The van der Waals surface area contributed by atoms with Crippen molar-refractivity contribution in [2.75, 3.05) is 0 Å². The highest BCUT2D eigenvalue weighted by Crippen LogP contribution is 2.34. The quantitative estimate of drug-likeness (QED) is 0.722. The van der Waals surface area contributed by atoms with Crippen molar-refractivity contribution < 1.29 is 24.6 Å². The van der Waals surface area contributed by atoms with E-state index < -0.39 is 23.8 Å². The van der Waals surface area contributed by atoms with Crippen molar-refractivity contribution in [1.29, 1.82) is 0 Å². The van der Waals surface area contributed by atoms with Crippen LogP contribution in [0.4, 0.5) is 0 Å². The van der Waals surface area contributed by atoms with Crippen molar-refractivity contribution in [3.63, 3.8) is 0 Å². The number of fused-ring (bicyclic) bond motifs is 1. The highest BCUT2D eigenvalue weighted by atomic mass is 16.4. The summed E-state index contributed by atoms with van der Waals surface area (Å²) in [5.74, 6) is -5.93. The van der Waals surface area contributed by atoms with Gasteiger partial charge in [-0.15, -0.1) is 0 Å². The number of carbonyl (C=O) groups excluding carboxylic acids is 1. The Balaban J connectivity index is 2.45. The van der Waals surface area contributed by atoms with E-state index in [2.05, 4.69) is 4.98 Å². The number of Topliss-reactive ketones (excluding diaryl/α,β-unsaturated/α-hetero) is 1. The largest absolute Gasteiger partial charge is 0.481 e. The normalized spacial score (nSPS) is 18.1. The molecule has 3 N–H and O–H groups in total. The van der Waals surface area contributed by atoms with Gasteiger partial charge in [0.15, 0.2) is 11.7 Å². The second-order valence-electron chi connectivity index (χ2n) is 5.10. The van der Waals surface area contributed by atoms with Crippen LogP contribution in [0.1, 0.15) is 40.7 Å². The molecule has 1 unspecified atom stereocenters. The van der Waals surface area contributed by atoms with Gasteiger partial charge in [-0.1, -0.05) is 6.92 Å². The van der Waals surface area contributed by atoms with Crippen molar-refractivity contribution >= 4 is 17.7 Å². The van der Waals surface area contributed by atoms with Gasteiger partial charge in [0.2, 0.25) is 0 Å². The molecule has 0 spiro atoms. The minimum Gasteiger partial charge on any atom is -0.481 e. The van der Waals surface area contributed by atoms with E-state index in [0.29, 0.717) is 18.4 Å². The molecule has 1 aliphatic carbocycles.